The van der Waals surface area contributed by atoms with Crippen LogP contribution in [0.5, 0.6) is 5.75 Å². The highest BCUT2D eigenvalue weighted by Gasteiger charge is 2.26. The Morgan fingerprint density at radius 3 is 2.80 bits per heavy atom. The highest BCUT2D eigenvalue weighted by atomic mass is 16.6. The minimum Gasteiger partial charge on any atom is -0.481 e. The largest absolute Gasteiger partial charge is 0.481 e. The minimum atomic E-state index is -0.564. The predicted octanol–water partition coefficient (Wildman–Crippen LogP) is 2.13. The maximum atomic E-state index is 11.1. The second kappa shape index (κ2) is 6.67. The van der Waals surface area contributed by atoms with Crippen LogP contribution in [0.3, 0.4) is 0 Å². The maximum absolute atomic E-state index is 11.1. The molecule has 1 saturated carbocycles. The van der Waals surface area contributed by atoms with Gasteiger partial charge in [-0.15, -0.1) is 0 Å². The van der Waals surface area contributed by atoms with Crippen LogP contribution in [0, 0.1) is 10.1 Å². The summed E-state index contributed by atoms with van der Waals surface area (Å²) in [7, 11) is 0. The van der Waals surface area contributed by atoms with Crippen molar-refractivity contribution in [2.75, 3.05) is 0 Å². The van der Waals surface area contributed by atoms with E-state index in [0.717, 1.165) is 25.7 Å². The Bertz CT molecular complexity index is 478. The molecule has 110 valence electrons. The van der Waals surface area contributed by atoms with Gasteiger partial charge in [0.1, 0.15) is 6.10 Å². The summed E-state index contributed by atoms with van der Waals surface area (Å²) in [4.78, 5) is 10.6. The molecule has 0 radical (unpaired) electrons. The number of aliphatic hydroxyl groups excluding tert-OH is 1. The molecule has 1 aliphatic rings. The lowest BCUT2D eigenvalue weighted by Crippen LogP contribution is -2.30. The SMILES string of the molecule is NCc1ccc(OC2CCCCCC2O)c([N+](=O)[O-])c1. The van der Waals surface area contributed by atoms with Crippen molar-refractivity contribution in [1.29, 1.82) is 0 Å². The number of nitrogens with two attached hydrogens (primary N) is 1. The lowest BCUT2D eigenvalue weighted by molar-refractivity contribution is -0.386. The zero-order valence-electron chi connectivity index (χ0n) is 11.3. The quantitative estimate of drug-likeness (QED) is 0.500. The van der Waals surface area contributed by atoms with Crippen LogP contribution >= 0.6 is 0 Å². The fourth-order valence-electron chi connectivity index (χ4n) is 2.49. The zero-order chi connectivity index (χ0) is 14.5. The Kier molecular flexibility index (Phi) is 4.92. The highest BCUT2D eigenvalue weighted by molar-refractivity contribution is 5.48. The first-order valence-corrected chi connectivity index (χ1v) is 6.94. The van der Waals surface area contributed by atoms with E-state index >= 15 is 0 Å². The van der Waals surface area contributed by atoms with Crippen molar-refractivity contribution in [3.05, 3.63) is 33.9 Å². The molecule has 0 spiro atoms. The Hall–Kier alpha value is -1.66. The first kappa shape index (κ1) is 14.7. The van der Waals surface area contributed by atoms with Crippen LogP contribution in [0.15, 0.2) is 18.2 Å². The van der Waals surface area contributed by atoms with Crippen LogP contribution < -0.4 is 10.5 Å². The first-order chi connectivity index (χ1) is 9.61. The van der Waals surface area contributed by atoms with E-state index in [-0.39, 0.29) is 24.1 Å². The predicted molar refractivity (Wildman–Crippen MR) is 74.5 cm³/mol. The normalized spacial score (nSPS) is 23.1. The van der Waals surface area contributed by atoms with E-state index in [2.05, 4.69) is 0 Å². The fourth-order valence-corrected chi connectivity index (χ4v) is 2.49. The summed E-state index contributed by atoms with van der Waals surface area (Å²) >= 11 is 0. The van der Waals surface area contributed by atoms with Gasteiger partial charge >= 0.3 is 5.69 Å². The summed E-state index contributed by atoms with van der Waals surface area (Å²) in [5, 5.41) is 21.1. The number of hydrogen-bond acceptors (Lipinski definition) is 5. The average Bonchev–Trinajstić information content (AvgIpc) is 2.64. The third-order valence-electron chi connectivity index (χ3n) is 3.65. The van der Waals surface area contributed by atoms with Crippen molar-refractivity contribution in [2.45, 2.75) is 50.9 Å². The molecule has 0 aliphatic heterocycles. The number of aliphatic hydroxyl groups is 1. The molecule has 0 saturated heterocycles. The molecule has 1 aliphatic carbocycles. The number of hydrogen-bond donors (Lipinski definition) is 2. The van der Waals surface area contributed by atoms with Crippen LogP contribution in [-0.4, -0.2) is 22.2 Å². The Morgan fingerprint density at radius 1 is 1.35 bits per heavy atom. The summed E-state index contributed by atoms with van der Waals surface area (Å²) in [6.07, 6.45) is 3.46. The summed E-state index contributed by atoms with van der Waals surface area (Å²) in [6, 6.07) is 4.71. The van der Waals surface area contributed by atoms with Gasteiger partial charge in [-0.25, -0.2) is 0 Å². The summed E-state index contributed by atoms with van der Waals surface area (Å²) in [6.45, 7) is 0.243. The van der Waals surface area contributed by atoms with Gasteiger partial charge in [-0.05, 0) is 30.9 Å². The number of nitro groups is 1. The van der Waals surface area contributed by atoms with E-state index in [1.165, 1.54) is 6.07 Å². The number of rotatable bonds is 4. The van der Waals surface area contributed by atoms with E-state index in [0.29, 0.717) is 12.0 Å². The van der Waals surface area contributed by atoms with Crippen molar-refractivity contribution in [3.63, 3.8) is 0 Å². The molecule has 0 bridgehead atoms. The topological polar surface area (TPSA) is 98.6 Å². The molecule has 1 aromatic rings. The highest BCUT2D eigenvalue weighted by Crippen LogP contribution is 2.31. The standard InChI is InChI=1S/C14H20N2O4/c15-9-10-6-7-13(11(8-10)16(18)19)20-14-5-3-1-2-4-12(14)17/h6-8,12,14,17H,1-5,9,15H2. The van der Waals surface area contributed by atoms with E-state index in [1.54, 1.807) is 12.1 Å². The maximum Gasteiger partial charge on any atom is 0.311 e. The van der Waals surface area contributed by atoms with E-state index in [1.807, 2.05) is 0 Å². The van der Waals surface area contributed by atoms with Crippen LogP contribution in [0.1, 0.15) is 37.7 Å². The van der Waals surface area contributed by atoms with Gasteiger partial charge in [0.05, 0.1) is 11.0 Å². The van der Waals surface area contributed by atoms with Gasteiger partial charge in [0.2, 0.25) is 0 Å². The number of nitrogens with zero attached hydrogens (tertiary/aromatic N) is 1. The third kappa shape index (κ3) is 3.46. The van der Waals surface area contributed by atoms with Gasteiger partial charge in [-0.3, -0.25) is 10.1 Å². The monoisotopic (exact) mass is 280 g/mol. The lowest BCUT2D eigenvalue weighted by atomic mass is 10.1. The smallest absolute Gasteiger partial charge is 0.311 e. The summed E-state index contributed by atoms with van der Waals surface area (Å²) in [5.41, 5.74) is 6.08. The van der Waals surface area contributed by atoms with Crippen molar-refractivity contribution in [2.24, 2.45) is 5.73 Å². The van der Waals surface area contributed by atoms with Gasteiger partial charge in [-0.2, -0.15) is 0 Å². The molecule has 6 heteroatoms. The molecule has 1 aromatic carbocycles. The summed E-state index contributed by atoms with van der Waals surface area (Å²) < 4.78 is 5.71. The molecule has 2 unspecified atom stereocenters. The van der Waals surface area contributed by atoms with Crippen LogP contribution in [0.4, 0.5) is 5.69 Å². The van der Waals surface area contributed by atoms with Crippen molar-refractivity contribution in [1.82, 2.24) is 0 Å². The number of benzene rings is 1. The second-order valence-electron chi connectivity index (χ2n) is 5.12. The number of ether oxygens (including phenoxy) is 1. The van der Waals surface area contributed by atoms with E-state index in [4.69, 9.17) is 10.5 Å². The van der Waals surface area contributed by atoms with Crippen molar-refractivity contribution < 1.29 is 14.8 Å². The van der Waals surface area contributed by atoms with E-state index in [9.17, 15) is 15.2 Å². The minimum absolute atomic E-state index is 0.0932. The molecular formula is C14H20N2O4. The Labute approximate surface area is 117 Å². The molecule has 20 heavy (non-hydrogen) atoms. The number of nitro benzene ring substituents is 1. The van der Waals surface area contributed by atoms with Crippen LogP contribution in [-0.2, 0) is 6.54 Å². The molecule has 0 heterocycles. The van der Waals surface area contributed by atoms with Gasteiger partial charge in [0.15, 0.2) is 5.75 Å². The van der Waals surface area contributed by atoms with Gasteiger partial charge in [-0.1, -0.05) is 18.9 Å². The van der Waals surface area contributed by atoms with Crippen LogP contribution in [0.25, 0.3) is 0 Å². The van der Waals surface area contributed by atoms with Gasteiger partial charge in [0.25, 0.3) is 0 Å². The molecule has 2 rings (SSSR count). The third-order valence-corrected chi connectivity index (χ3v) is 3.65. The molecule has 1 fully saturated rings. The van der Waals surface area contributed by atoms with Gasteiger partial charge in [0, 0.05) is 12.6 Å². The van der Waals surface area contributed by atoms with E-state index < -0.39 is 11.0 Å². The zero-order valence-corrected chi connectivity index (χ0v) is 11.3. The van der Waals surface area contributed by atoms with Gasteiger partial charge < -0.3 is 15.6 Å². The molecule has 0 aromatic heterocycles. The lowest BCUT2D eigenvalue weighted by Gasteiger charge is -2.22. The van der Waals surface area contributed by atoms with Crippen LogP contribution in [0.2, 0.25) is 0 Å². The molecular weight excluding hydrogens is 260 g/mol. The summed E-state index contributed by atoms with van der Waals surface area (Å²) in [5.74, 6) is 0.207. The molecule has 3 N–H and O–H groups in total. The Morgan fingerprint density at radius 2 is 2.10 bits per heavy atom. The molecule has 6 nitrogen and oxygen atoms in total. The average molecular weight is 280 g/mol. The first-order valence-electron chi connectivity index (χ1n) is 6.94. The van der Waals surface area contributed by atoms with Crippen molar-refractivity contribution in [3.8, 4) is 5.75 Å². The Balaban J connectivity index is 2.21. The molecule has 2 atom stereocenters. The molecule has 0 amide bonds. The fraction of sp³-hybridized carbons (Fsp3) is 0.571. The second-order valence-corrected chi connectivity index (χ2v) is 5.12. The van der Waals surface area contributed by atoms with Crippen molar-refractivity contribution >= 4 is 5.69 Å².